The Bertz CT molecular complexity index is 849. The molecule has 0 fully saturated rings. The number of likely N-dealkylation sites (N-methyl/N-ethyl adjacent to an activating group) is 1. The number of aromatic nitrogens is 1. The van der Waals surface area contributed by atoms with Crippen molar-refractivity contribution in [3.8, 4) is 0 Å². The zero-order valence-corrected chi connectivity index (χ0v) is 14.6. The second-order valence-corrected chi connectivity index (χ2v) is 6.02. The molecule has 0 saturated carbocycles. The van der Waals surface area contributed by atoms with Crippen molar-refractivity contribution in [3.63, 3.8) is 0 Å². The largest absolute Gasteiger partial charge is 0.332 e. The highest BCUT2D eigenvalue weighted by Crippen LogP contribution is 2.24. The molecule has 2 aromatic rings. The first-order valence-corrected chi connectivity index (χ1v) is 7.70. The van der Waals surface area contributed by atoms with E-state index in [1.807, 2.05) is 0 Å². The summed E-state index contributed by atoms with van der Waals surface area (Å²) in [5.74, 6) is -0.815. The molecule has 0 radical (unpaired) electrons. The van der Waals surface area contributed by atoms with Crippen LogP contribution in [-0.4, -0.2) is 34.9 Å². The number of nitrogens with one attached hydrogen (secondary N) is 1. The lowest BCUT2D eigenvalue weighted by Crippen LogP contribution is -2.35. The average molecular weight is 368 g/mol. The molecule has 0 aliphatic carbocycles. The van der Waals surface area contributed by atoms with Crippen molar-refractivity contribution in [2.45, 2.75) is 0 Å². The van der Waals surface area contributed by atoms with Gasteiger partial charge in [-0.2, -0.15) is 0 Å². The smallest absolute Gasteiger partial charge is 0.254 e. The lowest BCUT2D eigenvalue weighted by molar-refractivity contribution is -0.116. The number of halogens is 2. The zero-order chi connectivity index (χ0) is 17.9. The SMILES string of the molecule is CN(CC(=O)Nc1ccc(Cl)c(Cl)c1)C(=O)c1ccn(C)c(=O)c1. The molecule has 24 heavy (non-hydrogen) atoms. The lowest BCUT2D eigenvalue weighted by Gasteiger charge is -2.17. The molecular formula is C16H15Cl2N3O3. The number of aryl methyl sites for hydroxylation is 1. The Morgan fingerprint density at radius 1 is 1.17 bits per heavy atom. The Balaban J connectivity index is 2.02. The van der Waals surface area contributed by atoms with Crippen LogP contribution in [-0.2, 0) is 11.8 Å². The van der Waals surface area contributed by atoms with Crippen molar-refractivity contribution in [3.05, 3.63) is 62.5 Å². The highest BCUT2D eigenvalue weighted by Gasteiger charge is 2.16. The van der Waals surface area contributed by atoms with Crippen LogP contribution in [0.4, 0.5) is 5.69 Å². The maximum atomic E-state index is 12.3. The molecule has 2 amide bonds. The first kappa shape index (κ1) is 18.0. The van der Waals surface area contributed by atoms with E-state index in [1.54, 1.807) is 19.2 Å². The van der Waals surface area contributed by atoms with Gasteiger partial charge in [0.05, 0.1) is 16.6 Å². The molecule has 1 aromatic heterocycles. The molecular weight excluding hydrogens is 353 g/mol. The van der Waals surface area contributed by atoms with E-state index in [0.717, 1.165) is 0 Å². The standard InChI is InChI=1S/C16H15Cl2N3O3/c1-20-6-5-10(7-15(20)23)16(24)21(2)9-14(22)19-11-3-4-12(17)13(18)8-11/h3-8H,9H2,1-2H3,(H,19,22). The molecule has 1 heterocycles. The topological polar surface area (TPSA) is 71.4 Å². The third-order valence-corrected chi connectivity index (χ3v) is 4.02. The van der Waals surface area contributed by atoms with E-state index in [9.17, 15) is 14.4 Å². The summed E-state index contributed by atoms with van der Waals surface area (Å²) in [5, 5.41) is 3.33. The van der Waals surface area contributed by atoms with Crippen molar-refractivity contribution in [1.82, 2.24) is 9.47 Å². The van der Waals surface area contributed by atoms with E-state index in [0.29, 0.717) is 15.7 Å². The molecule has 0 aliphatic heterocycles. The van der Waals surface area contributed by atoms with Gasteiger partial charge in [-0.15, -0.1) is 0 Å². The number of amides is 2. The summed E-state index contributed by atoms with van der Waals surface area (Å²) < 4.78 is 1.35. The fourth-order valence-electron chi connectivity index (χ4n) is 1.96. The van der Waals surface area contributed by atoms with E-state index >= 15 is 0 Å². The molecule has 1 N–H and O–H groups in total. The minimum Gasteiger partial charge on any atom is -0.332 e. The summed E-state index contributed by atoms with van der Waals surface area (Å²) in [6.07, 6.45) is 1.50. The monoisotopic (exact) mass is 367 g/mol. The number of anilines is 1. The molecule has 1 aromatic carbocycles. The summed E-state index contributed by atoms with van der Waals surface area (Å²) in [4.78, 5) is 37.1. The van der Waals surface area contributed by atoms with E-state index < -0.39 is 11.8 Å². The van der Waals surface area contributed by atoms with Crippen molar-refractivity contribution in [2.75, 3.05) is 18.9 Å². The van der Waals surface area contributed by atoms with Crippen molar-refractivity contribution < 1.29 is 9.59 Å². The lowest BCUT2D eigenvalue weighted by atomic mass is 10.2. The number of nitrogens with zero attached hydrogens (tertiary/aromatic N) is 2. The van der Waals surface area contributed by atoms with Gasteiger partial charge in [0.15, 0.2) is 0 Å². The van der Waals surface area contributed by atoms with Crippen LogP contribution in [0.25, 0.3) is 0 Å². The number of hydrogen-bond donors (Lipinski definition) is 1. The van der Waals surface area contributed by atoms with Gasteiger partial charge in [0.1, 0.15) is 0 Å². The third-order valence-electron chi connectivity index (χ3n) is 3.28. The van der Waals surface area contributed by atoms with E-state index in [-0.39, 0.29) is 17.7 Å². The third kappa shape index (κ3) is 4.37. The fraction of sp³-hybridized carbons (Fsp3) is 0.188. The van der Waals surface area contributed by atoms with Gasteiger partial charge in [0, 0.05) is 37.6 Å². The predicted octanol–water partition coefficient (Wildman–Crippen LogP) is 2.40. The first-order valence-electron chi connectivity index (χ1n) is 6.95. The molecule has 0 unspecified atom stereocenters. The summed E-state index contributed by atoms with van der Waals surface area (Å²) in [5.41, 5.74) is 0.404. The van der Waals surface area contributed by atoms with Gasteiger partial charge in [0.2, 0.25) is 5.91 Å². The number of hydrogen-bond acceptors (Lipinski definition) is 3. The van der Waals surface area contributed by atoms with Gasteiger partial charge in [-0.1, -0.05) is 23.2 Å². The van der Waals surface area contributed by atoms with Crippen LogP contribution in [0.15, 0.2) is 41.3 Å². The van der Waals surface area contributed by atoms with E-state index in [1.165, 1.54) is 40.9 Å². The van der Waals surface area contributed by atoms with Crippen LogP contribution in [0.3, 0.4) is 0 Å². The highest BCUT2D eigenvalue weighted by atomic mass is 35.5. The number of carbonyl (C=O) groups is 2. The molecule has 8 heteroatoms. The number of carbonyl (C=O) groups excluding carboxylic acids is 2. The van der Waals surface area contributed by atoms with Gasteiger partial charge in [-0.3, -0.25) is 14.4 Å². The number of rotatable bonds is 4. The minimum absolute atomic E-state index is 0.172. The zero-order valence-electron chi connectivity index (χ0n) is 13.0. The molecule has 0 bridgehead atoms. The number of benzene rings is 1. The molecule has 0 aliphatic rings. The van der Waals surface area contributed by atoms with Crippen LogP contribution in [0.2, 0.25) is 10.0 Å². The Labute approximate surface area is 148 Å². The Morgan fingerprint density at radius 3 is 2.50 bits per heavy atom. The Morgan fingerprint density at radius 2 is 1.88 bits per heavy atom. The Hall–Kier alpha value is -2.31. The Kier molecular flexibility index (Phi) is 5.64. The summed E-state index contributed by atoms with van der Waals surface area (Å²) in [6.45, 7) is -0.172. The van der Waals surface area contributed by atoms with Crippen molar-refractivity contribution in [2.24, 2.45) is 7.05 Å². The van der Waals surface area contributed by atoms with Crippen molar-refractivity contribution >= 4 is 40.7 Å². The summed E-state index contributed by atoms with van der Waals surface area (Å²) in [7, 11) is 3.07. The van der Waals surface area contributed by atoms with Crippen LogP contribution in [0.5, 0.6) is 0 Å². The normalized spacial score (nSPS) is 10.3. The molecule has 0 atom stereocenters. The molecule has 2 rings (SSSR count). The maximum absolute atomic E-state index is 12.3. The van der Waals surface area contributed by atoms with Crippen LogP contribution in [0, 0.1) is 0 Å². The van der Waals surface area contributed by atoms with Gasteiger partial charge in [0.25, 0.3) is 11.5 Å². The minimum atomic E-state index is -0.419. The van der Waals surface area contributed by atoms with Gasteiger partial charge >= 0.3 is 0 Å². The summed E-state index contributed by atoms with van der Waals surface area (Å²) in [6, 6.07) is 7.44. The van der Waals surface area contributed by atoms with Gasteiger partial charge < -0.3 is 14.8 Å². The summed E-state index contributed by atoms with van der Waals surface area (Å²) >= 11 is 11.7. The highest BCUT2D eigenvalue weighted by molar-refractivity contribution is 6.42. The van der Waals surface area contributed by atoms with Crippen molar-refractivity contribution in [1.29, 1.82) is 0 Å². The van der Waals surface area contributed by atoms with E-state index in [2.05, 4.69) is 5.32 Å². The van der Waals surface area contributed by atoms with Crippen LogP contribution >= 0.6 is 23.2 Å². The van der Waals surface area contributed by atoms with Gasteiger partial charge in [-0.25, -0.2) is 0 Å². The molecule has 6 nitrogen and oxygen atoms in total. The molecule has 126 valence electrons. The van der Waals surface area contributed by atoms with Crippen LogP contribution in [0.1, 0.15) is 10.4 Å². The fourth-order valence-corrected chi connectivity index (χ4v) is 2.26. The van der Waals surface area contributed by atoms with E-state index in [4.69, 9.17) is 23.2 Å². The van der Waals surface area contributed by atoms with Gasteiger partial charge in [-0.05, 0) is 24.3 Å². The quantitative estimate of drug-likeness (QED) is 0.901. The first-order chi connectivity index (χ1) is 11.3. The maximum Gasteiger partial charge on any atom is 0.254 e. The second kappa shape index (κ2) is 7.51. The molecule has 0 saturated heterocycles. The van der Waals surface area contributed by atoms with Crippen LogP contribution < -0.4 is 10.9 Å². The second-order valence-electron chi connectivity index (χ2n) is 5.20. The predicted molar refractivity (Wildman–Crippen MR) is 93.7 cm³/mol. The number of pyridine rings is 1. The average Bonchev–Trinajstić information content (AvgIpc) is 2.52. The molecule has 0 spiro atoms.